The van der Waals surface area contributed by atoms with Crippen molar-refractivity contribution in [1.82, 2.24) is 5.01 Å². The predicted octanol–water partition coefficient (Wildman–Crippen LogP) is 3.27. The summed E-state index contributed by atoms with van der Waals surface area (Å²) >= 11 is 6.04. The zero-order valence-corrected chi connectivity index (χ0v) is 14.6. The van der Waals surface area contributed by atoms with Crippen molar-refractivity contribution in [2.45, 2.75) is 19.8 Å². The van der Waals surface area contributed by atoms with Gasteiger partial charge in [0.05, 0.1) is 24.7 Å². The Morgan fingerprint density at radius 2 is 1.84 bits per heavy atom. The normalized spacial score (nSPS) is 30.4. The zero-order valence-electron chi connectivity index (χ0n) is 13.9. The largest absolute Gasteiger partial charge is 0.493 e. The summed E-state index contributed by atoms with van der Waals surface area (Å²) in [5.74, 6) is 0.0660. The van der Waals surface area contributed by atoms with Gasteiger partial charge in [-0.05, 0) is 49.8 Å². The number of rotatable bonds is 4. The average Bonchev–Trinajstić information content (AvgIpc) is 2.89. The van der Waals surface area contributed by atoms with Crippen LogP contribution in [0.15, 0.2) is 35.5 Å². The minimum Gasteiger partial charge on any atom is -0.493 e. The van der Waals surface area contributed by atoms with E-state index in [0.29, 0.717) is 22.9 Å². The summed E-state index contributed by atoms with van der Waals surface area (Å²) in [6, 6.07) is 5.19. The SMILES string of the molecule is CCOc1ccc(Cl)cc1/C=N/N1C(=O)C2C3C=CC(CC3)C2C1=O. The number of allylic oxidation sites excluding steroid dienone is 2. The van der Waals surface area contributed by atoms with Crippen LogP contribution in [0, 0.1) is 23.7 Å². The first-order chi connectivity index (χ1) is 12.1. The molecule has 0 radical (unpaired) electrons. The van der Waals surface area contributed by atoms with Gasteiger partial charge in [0.25, 0.3) is 11.8 Å². The van der Waals surface area contributed by atoms with E-state index in [9.17, 15) is 9.59 Å². The van der Waals surface area contributed by atoms with Gasteiger partial charge >= 0.3 is 0 Å². The van der Waals surface area contributed by atoms with E-state index in [0.717, 1.165) is 17.9 Å². The molecule has 0 N–H and O–H groups in total. The Morgan fingerprint density at radius 3 is 2.40 bits per heavy atom. The number of benzene rings is 1. The maximum Gasteiger partial charge on any atom is 0.254 e. The van der Waals surface area contributed by atoms with Gasteiger partial charge in [0.15, 0.2) is 0 Å². The van der Waals surface area contributed by atoms with Crippen LogP contribution in [0.2, 0.25) is 5.02 Å². The van der Waals surface area contributed by atoms with Crippen LogP contribution in [-0.2, 0) is 9.59 Å². The summed E-state index contributed by atoms with van der Waals surface area (Å²) in [7, 11) is 0. The van der Waals surface area contributed by atoms with E-state index in [1.165, 1.54) is 6.21 Å². The Bertz CT molecular complexity index is 757. The summed E-state index contributed by atoms with van der Waals surface area (Å²) in [5, 5.41) is 5.79. The quantitative estimate of drug-likeness (QED) is 0.471. The first-order valence-electron chi connectivity index (χ1n) is 8.62. The minimum atomic E-state index is -0.251. The average molecular weight is 359 g/mol. The molecule has 0 spiro atoms. The number of amides is 2. The molecule has 4 atom stereocenters. The van der Waals surface area contributed by atoms with Crippen molar-refractivity contribution in [3.63, 3.8) is 0 Å². The summed E-state index contributed by atoms with van der Waals surface area (Å²) in [6.07, 6.45) is 7.62. The molecule has 2 amide bonds. The third-order valence-electron chi connectivity index (χ3n) is 5.32. The molecule has 3 aliphatic carbocycles. The number of nitrogens with zero attached hydrogens (tertiary/aromatic N) is 2. The summed E-state index contributed by atoms with van der Waals surface area (Å²) < 4.78 is 5.55. The molecule has 6 heteroatoms. The minimum absolute atomic E-state index is 0.164. The molecular formula is C19H19ClN2O3. The number of imide groups is 1. The topological polar surface area (TPSA) is 59.0 Å². The van der Waals surface area contributed by atoms with E-state index in [4.69, 9.17) is 16.3 Å². The van der Waals surface area contributed by atoms with Crippen LogP contribution in [0.25, 0.3) is 0 Å². The Labute approximate surface area is 151 Å². The van der Waals surface area contributed by atoms with Crippen LogP contribution in [0.3, 0.4) is 0 Å². The molecule has 2 fully saturated rings. The lowest BCUT2D eigenvalue weighted by Crippen LogP contribution is -2.38. The smallest absolute Gasteiger partial charge is 0.254 e. The number of hydrogen-bond acceptors (Lipinski definition) is 4. The first-order valence-corrected chi connectivity index (χ1v) is 9.00. The van der Waals surface area contributed by atoms with Crippen molar-refractivity contribution in [1.29, 1.82) is 0 Å². The van der Waals surface area contributed by atoms with Gasteiger partial charge in [-0.1, -0.05) is 23.8 Å². The van der Waals surface area contributed by atoms with E-state index in [2.05, 4.69) is 17.3 Å². The van der Waals surface area contributed by atoms with E-state index >= 15 is 0 Å². The molecule has 5 nitrogen and oxygen atoms in total. The lowest BCUT2D eigenvalue weighted by molar-refractivity contribution is -0.140. The molecule has 5 rings (SSSR count). The number of carbonyl (C=O) groups is 2. The monoisotopic (exact) mass is 358 g/mol. The number of carbonyl (C=O) groups excluding carboxylic acids is 2. The van der Waals surface area contributed by atoms with Gasteiger partial charge in [0.2, 0.25) is 0 Å². The lowest BCUT2D eigenvalue weighted by atomic mass is 9.63. The third kappa shape index (κ3) is 2.67. The van der Waals surface area contributed by atoms with Gasteiger partial charge in [0, 0.05) is 10.6 Å². The highest BCUT2D eigenvalue weighted by atomic mass is 35.5. The fourth-order valence-electron chi connectivity index (χ4n) is 4.20. The molecule has 0 aromatic heterocycles. The highest BCUT2D eigenvalue weighted by molar-refractivity contribution is 6.30. The van der Waals surface area contributed by atoms with Crippen molar-refractivity contribution < 1.29 is 14.3 Å². The fourth-order valence-corrected chi connectivity index (χ4v) is 4.38. The van der Waals surface area contributed by atoms with E-state index in [-0.39, 0.29) is 35.5 Å². The maximum atomic E-state index is 12.7. The second-order valence-electron chi connectivity index (χ2n) is 6.69. The van der Waals surface area contributed by atoms with Crippen LogP contribution in [0.5, 0.6) is 5.75 Å². The molecule has 2 bridgehead atoms. The molecule has 1 aromatic rings. The molecule has 4 unspecified atom stereocenters. The lowest BCUT2D eigenvalue weighted by Gasteiger charge is -2.37. The molecule has 130 valence electrons. The van der Waals surface area contributed by atoms with Gasteiger partial charge < -0.3 is 4.74 Å². The first kappa shape index (κ1) is 16.3. The van der Waals surface area contributed by atoms with Gasteiger partial charge in [-0.25, -0.2) is 0 Å². The maximum absolute atomic E-state index is 12.7. The molecular weight excluding hydrogens is 340 g/mol. The van der Waals surface area contributed by atoms with Gasteiger partial charge in [-0.3, -0.25) is 9.59 Å². The Morgan fingerprint density at radius 1 is 1.20 bits per heavy atom. The van der Waals surface area contributed by atoms with Crippen LogP contribution < -0.4 is 4.74 Å². The second kappa shape index (κ2) is 6.30. The molecule has 4 aliphatic rings. The van der Waals surface area contributed by atoms with Crippen molar-refractivity contribution >= 4 is 29.6 Å². The van der Waals surface area contributed by atoms with Crippen molar-refractivity contribution in [3.05, 3.63) is 40.9 Å². The number of hydrogen-bond donors (Lipinski definition) is 0. The van der Waals surface area contributed by atoms with E-state index in [1.54, 1.807) is 18.2 Å². The van der Waals surface area contributed by atoms with Gasteiger partial charge in [0.1, 0.15) is 5.75 Å². The van der Waals surface area contributed by atoms with Crippen LogP contribution in [0.1, 0.15) is 25.3 Å². The predicted molar refractivity (Wildman–Crippen MR) is 94.4 cm³/mol. The Kier molecular flexibility index (Phi) is 4.12. The number of hydrazone groups is 1. The highest BCUT2D eigenvalue weighted by Gasteiger charge is 2.56. The third-order valence-corrected chi connectivity index (χ3v) is 5.56. The molecule has 1 aromatic carbocycles. The van der Waals surface area contributed by atoms with Crippen LogP contribution in [-0.4, -0.2) is 29.6 Å². The van der Waals surface area contributed by atoms with Gasteiger partial charge in [-0.15, -0.1) is 0 Å². The summed E-state index contributed by atoms with van der Waals surface area (Å²) in [6.45, 7) is 2.39. The number of ether oxygens (including phenoxy) is 1. The highest BCUT2D eigenvalue weighted by Crippen LogP contribution is 2.49. The van der Waals surface area contributed by atoms with Crippen molar-refractivity contribution in [2.75, 3.05) is 6.61 Å². The Hall–Kier alpha value is -2.14. The summed E-state index contributed by atoms with van der Waals surface area (Å²) in [4.78, 5) is 25.5. The van der Waals surface area contributed by atoms with Crippen LogP contribution >= 0.6 is 11.6 Å². The number of fused-ring (bicyclic) bond motifs is 1. The molecule has 25 heavy (non-hydrogen) atoms. The van der Waals surface area contributed by atoms with E-state index in [1.807, 2.05) is 6.92 Å². The summed E-state index contributed by atoms with van der Waals surface area (Å²) in [5.41, 5.74) is 0.644. The molecule has 1 saturated heterocycles. The van der Waals surface area contributed by atoms with Crippen molar-refractivity contribution in [2.24, 2.45) is 28.8 Å². The fraction of sp³-hybridized carbons (Fsp3) is 0.421. The number of halogens is 1. The standard InChI is InChI=1S/C19H19ClN2O3/c1-2-25-15-8-7-14(20)9-13(15)10-21-22-18(23)16-11-3-4-12(6-5-11)17(16)19(22)24/h3-4,7-12,16-17H,2,5-6H2,1H3/b21-10+. The Balaban J connectivity index is 1.62. The van der Waals surface area contributed by atoms with Gasteiger partial charge in [-0.2, -0.15) is 10.1 Å². The molecule has 1 heterocycles. The van der Waals surface area contributed by atoms with E-state index < -0.39 is 0 Å². The molecule has 1 saturated carbocycles. The second-order valence-corrected chi connectivity index (χ2v) is 7.13. The molecule has 1 aliphatic heterocycles. The zero-order chi connectivity index (χ0) is 17.6. The van der Waals surface area contributed by atoms with Crippen molar-refractivity contribution in [3.8, 4) is 5.75 Å². The van der Waals surface area contributed by atoms with Crippen LogP contribution in [0.4, 0.5) is 0 Å².